The Kier molecular flexibility index (Phi) is 3.41. The van der Waals surface area contributed by atoms with E-state index < -0.39 is 16.9 Å². The van der Waals surface area contributed by atoms with Crippen molar-refractivity contribution >= 4 is 22.6 Å². The van der Waals surface area contributed by atoms with Crippen molar-refractivity contribution < 1.29 is 14.8 Å². The van der Waals surface area contributed by atoms with Crippen LogP contribution in [0, 0.1) is 22.5 Å². The maximum atomic E-state index is 11.0. The van der Waals surface area contributed by atoms with E-state index in [1.54, 1.807) is 0 Å². The molecule has 0 radical (unpaired) electrons. The molecule has 0 aliphatic carbocycles. The number of hydrogen-bond acceptors (Lipinski definition) is 4. The molecule has 1 aromatic carbocycles. The Labute approximate surface area is 113 Å². The van der Waals surface area contributed by atoms with Crippen LogP contribution in [-0.4, -0.2) is 27.0 Å². The number of H-pyrrole nitrogens is 1. The Balaban J connectivity index is 2.64. The lowest BCUT2D eigenvalue weighted by Gasteiger charge is -2.06. The van der Waals surface area contributed by atoms with Gasteiger partial charge in [0.1, 0.15) is 11.6 Å². The summed E-state index contributed by atoms with van der Waals surface area (Å²) in [6.07, 6.45) is 6.91. The van der Waals surface area contributed by atoms with E-state index in [0.29, 0.717) is 16.5 Å². The maximum Gasteiger partial charge on any atom is 0.320 e. The molecule has 7 nitrogen and oxygen atoms in total. The summed E-state index contributed by atoms with van der Waals surface area (Å²) in [5.74, 6) is 1.29. The van der Waals surface area contributed by atoms with Gasteiger partial charge in [-0.05, 0) is 11.6 Å². The molecule has 7 heteroatoms. The number of nitrogens with one attached hydrogen (secondary N) is 1. The molecule has 0 bridgehead atoms. The molecule has 0 saturated heterocycles. The van der Waals surface area contributed by atoms with Crippen LogP contribution in [0.3, 0.4) is 0 Å². The summed E-state index contributed by atoms with van der Waals surface area (Å²) in [7, 11) is 0. The fraction of sp³-hybridized carbons (Fsp3) is 0.154. The van der Waals surface area contributed by atoms with E-state index in [0.717, 1.165) is 0 Å². The number of carboxylic acid groups (broad SMARTS) is 1. The number of nitro groups is 1. The molecule has 102 valence electrons. The van der Waals surface area contributed by atoms with Gasteiger partial charge in [0, 0.05) is 29.6 Å². The average Bonchev–Trinajstić information content (AvgIpc) is 2.81. The van der Waals surface area contributed by atoms with Gasteiger partial charge in [0.25, 0.3) is 5.69 Å². The molecule has 0 aliphatic heterocycles. The van der Waals surface area contributed by atoms with Gasteiger partial charge in [0.2, 0.25) is 0 Å². The summed E-state index contributed by atoms with van der Waals surface area (Å²) >= 11 is 0. The van der Waals surface area contributed by atoms with E-state index in [2.05, 4.69) is 10.9 Å². The van der Waals surface area contributed by atoms with Crippen molar-refractivity contribution in [2.24, 2.45) is 5.73 Å². The zero-order chi connectivity index (χ0) is 14.9. The fourth-order valence-electron chi connectivity index (χ4n) is 2.06. The molecule has 0 amide bonds. The van der Waals surface area contributed by atoms with E-state index in [1.165, 1.54) is 18.3 Å². The van der Waals surface area contributed by atoms with Crippen LogP contribution in [0.1, 0.15) is 11.1 Å². The molecule has 2 aromatic rings. The van der Waals surface area contributed by atoms with Crippen LogP contribution < -0.4 is 5.73 Å². The SMILES string of the molecule is C#Cc1ccc([N+](=O)[O-])c2[nH]cc(CC(N)C(=O)O)c12. The quantitative estimate of drug-likeness (QED) is 0.436. The normalized spacial score (nSPS) is 12.0. The Morgan fingerprint density at radius 1 is 1.60 bits per heavy atom. The number of nitrogens with zero attached hydrogens (tertiary/aromatic N) is 1. The number of aromatic nitrogens is 1. The van der Waals surface area contributed by atoms with Gasteiger partial charge in [-0.15, -0.1) is 6.42 Å². The van der Waals surface area contributed by atoms with Gasteiger partial charge in [-0.1, -0.05) is 5.92 Å². The lowest BCUT2D eigenvalue weighted by atomic mass is 10.0. The van der Waals surface area contributed by atoms with Crippen molar-refractivity contribution in [1.29, 1.82) is 0 Å². The molecular formula is C13H11N3O4. The highest BCUT2D eigenvalue weighted by Crippen LogP contribution is 2.30. The van der Waals surface area contributed by atoms with Crippen LogP contribution in [0.2, 0.25) is 0 Å². The highest BCUT2D eigenvalue weighted by atomic mass is 16.6. The van der Waals surface area contributed by atoms with E-state index in [9.17, 15) is 14.9 Å². The van der Waals surface area contributed by atoms with Crippen molar-refractivity contribution in [1.82, 2.24) is 4.98 Å². The van der Waals surface area contributed by atoms with Crippen LogP contribution in [0.25, 0.3) is 10.9 Å². The highest BCUT2D eigenvalue weighted by molar-refractivity contribution is 5.95. The topological polar surface area (TPSA) is 122 Å². The number of terminal acetylenes is 1. The molecule has 1 unspecified atom stereocenters. The Morgan fingerprint density at radius 3 is 2.85 bits per heavy atom. The number of aromatic amines is 1. The number of carboxylic acids is 1. The Hall–Kier alpha value is -2.85. The first kappa shape index (κ1) is 13.6. The second-order valence-corrected chi connectivity index (χ2v) is 4.25. The number of aliphatic carboxylic acids is 1. The monoisotopic (exact) mass is 273 g/mol. The summed E-state index contributed by atoms with van der Waals surface area (Å²) in [5.41, 5.74) is 6.65. The van der Waals surface area contributed by atoms with Gasteiger partial charge in [-0.2, -0.15) is 0 Å². The number of non-ortho nitro benzene ring substituents is 1. The first-order valence-electron chi connectivity index (χ1n) is 5.68. The Morgan fingerprint density at radius 2 is 2.30 bits per heavy atom. The van der Waals surface area contributed by atoms with E-state index in [4.69, 9.17) is 17.3 Å². The lowest BCUT2D eigenvalue weighted by molar-refractivity contribution is -0.383. The first-order valence-corrected chi connectivity index (χ1v) is 5.68. The van der Waals surface area contributed by atoms with Gasteiger partial charge in [-0.3, -0.25) is 14.9 Å². The maximum absolute atomic E-state index is 11.0. The second kappa shape index (κ2) is 5.03. The number of carbonyl (C=O) groups is 1. The van der Waals surface area contributed by atoms with Crippen molar-refractivity contribution in [3.8, 4) is 12.3 Å². The number of nitro benzene ring substituents is 1. The lowest BCUT2D eigenvalue weighted by Crippen LogP contribution is -2.32. The van der Waals surface area contributed by atoms with Crippen molar-refractivity contribution in [2.45, 2.75) is 12.5 Å². The van der Waals surface area contributed by atoms with Crippen LogP contribution >= 0.6 is 0 Å². The van der Waals surface area contributed by atoms with E-state index >= 15 is 0 Å². The Bertz CT molecular complexity index is 742. The minimum atomic E-state index is -1.15. The van der Waals surface area contributed by atoms with Gasteiger partial charge >= 0.3 is 5.97 Å². The molecule has 1 heterocycles. The van der Waals surface area contributed by atoms with Gasteiger partial charge in [-0.25, -0.2) is 0 Å². The third-order valence-electron chi connectivity index (χ3n) is 3.00. The molecule has 0 fully saturated rings. The van der Waals surface area contributed by atoms with Crippen LogP contribution in [-0.2, 0) is 11.2 Å². The summed E-state index contributed by atoms with van der Waals surface area (Å²) in [6, 6.07) is 1.68. The zero-order valence-electron chi connectivity index (χ0n) is 10.3. The number of hydrogen-bond donors (Lipinski definition) is 3. The number of nitrogens with two attached hydrogens (primary N) is 1. The molecular weight excluding hydrogens is 262 g/mol. The molecule has 20 heavy (non-hydrogen) atoms. The van der Waals surface area contributed by atoms with Crippen LogP contribution in [0.15, 0.2) is 18.3 Å². The molecule has 0 saturated carbocycles. The third-order valence-corrected chi connectivity index (χ3v) is 3.00. The number of benzene rings is 1. The summed E-state index contributed by atoms with van der Waals surface area (Å²) in [5, 5.41) is 20.3. The van der Waals surface area contributed by atoms with Crippen molar-refractivity contribution in [3.05, 3.63) is 39.6 Å². The highest BCUT2D eigenvalue weighted by Gasteiger charge is 2.21. The molecule has 0 aliphatic rings. The molecule has 0 spiro atoms. The number of rotatable bonds is 4. The van der Waals surface area contributed by atoms with Crippen LogP contribution in [0.5, 0.6) is 0 Å². The van der Waals surface area contributed by atoms with Gasteiger partial charge in [0.05, 0.1) is 4.92 Å². The number of fused-ring (bicyclic) bond motifs is 1. The standard InChI is InChI=1S/C13H11N3O4/c1-2-7-3-4-10(16(19)20)12-11(7)8(6-15-12)5-9(14)13(17)18/h1,3-4,6,9,15H,5,14H2,(H,17,18). The molecule has 4 N–H and O–H groups in total. The van der Waals surface area contributed by atoms with E-state index in [-0.39, 0.29) is 17.6 Å². The molecule has 1 aromatic heterocycles. The summed E-state index contributed by atoms with van der Waals surface area (Å²) in [6.45, 7) is 0. The minimum Gasteiger partial charge on any atom is -0.480 e. The first-order chi connectivity index (χ1) is 9.45. The average molecular weight is 273 g/mol. The molecule has 1 atom stereocenters. The largest absolute Gasteiger partial charge is 0.480 e. The van der Waals surface area contributed by atoms with Crippen molar-refractivity contribution in [3.63, 3.8) is 0 Å². The molecule has 2 rings (SSSR count). The van der Waals surface area contributed by atoms with Gasteiger partial charge < -0.3 is 15.8 Å². The summed E-state index contributed by atoms with van der Waals surface area (Å²) < 4.78 is 0. The smallest absolute Gasteiger partial charge is 0.320 e. The zero-order valence-corrected chi connectivity index (χ0v) is 10.3. The second-order valence-electron chi connectivity index (χ2n) is 4.25. The summed E-state index contributed by atoms with van der Waals surface area (Å²) in [4.78, 5) is 24.0. The predicted molar refractivity (Wildman–Crippen MR) is 72.2 cm³/mol. The predicted octanol–water partition coefficient (Wildman–Crippen LogP) is 1.01. The fourth-order valence-corrected chi connectivity index (χ4v) is 2.06. The third kappa shape index (κ3) is 2.20. The van der Waals surface area contributed by atoms with E-state index in [1.807, 2.05) is 0 Å². The minimum absolute atomic E-state index is 0.0329. The van der Waals surface area contributed by atoms with Crippen molar-refractivity contribution in [2.75, 3.05) is 0 Å². The van der Waals surface area contributed by atoms with Gasteiger partial charge in [0.15, 0.2) is 0 Å². The van der Waals surface area contributed by atoms with Crippen LogP contribution in [0.4, 0.5) is 5.69 Å².